The second-order valence-corrected chi connectivity index (χ2v) is 6.47. The van der Waals surface area contributed by atoms with Crippen molar-refractivity contribution in [3.05, 3.63) is 35.4 Å². The van der Waals surface area contributed by atoms with Crippen LogP contribution in [0, 0.1) is 0 Å². The number of hydrogen-bond acceptors (Lipinski definition) is 4. The third kappa shape index (κ3) is 6.38. The molecule has 0 radical (unpaired) electrons. The maximum absolute atomic E-state index is 4.20. The molecule has 0 saturated carbocycles. The van der Waals surface area contributed by atoms with Gasteiger partial charge in [0, 0.05) is 23.0 Å². The van der Waals surface area contributed by atoms with Crippen LogP contribution in [-0.2, 0) is 11.5 Å². The molecule has 1 rings (SSSR count). The van der Waals surface area contributed by atoms with Gasteiger partial charge in [-0.15, -0.1) is 0 Å². The summed E-state index contributed by atoms with van der Waals surface area (Å²) in [7, 11) is 0. The predicted octanol–water partition coefficient (Wildman–Crippen LogP) is 4.01. The maximum atomic E-state index is 4.20. The lowest BCUT2D eigenvalue weighted by atomic mass is 10.2. The van der Waals surface area contributed by atoms with E-state index < -0.39 is 0 Å². The minimum Gasteiger partial charge on any atom is -0.179 e. The van der Waals surface area contributed by atoms with Crippen LogP contribution in [0.25, 0.3) is 0 Å². The number of hydrogen-bond donors (Lipinski definition) is 2. The standard InChI is InChI=1S/C12H18S4/c13-5-7-15-9-11-1-2-12(4-3-11)10-16-8-6-14/h1-4,13-14H,5-10H2. The highest BCUT2D eigenvalue weighted by Crippen LogP contribution is 2.16. The Balaban J connectivity index is 2.30. The van der Waals surface area contributed by atoms with Crippen LogP contribution in [0.2, 0.25) is 0 Å². The largest absolute Gasteiger partial charge is 0.179 e. The first-order chi connectivity index (χ1) is 7.86. The van der Waals surface area contributed by atoms with E-state index in [4.69, 9.17) is 0 Å². The lowest BCUT2D eigenvalue weighted by molar-refractivity contribution is 1.33. The van der Waals surface area contributed by atoms with Crippen LogP contribution in [0.1, 0.15) is 11.1 Å². The smallest absolute Gasteiger partial charge is 0.0184 e. The molecular weight excluding hydrogens is 272 g/mol. The van der Waals surface area contributed by atoms with Gasteiger partial charge in [0.25, 0.3) is 0 Å². The minimum atomic E-state index is 0.961. The molecule has 0 unspecified atom stereocenters. The van der Waals surface area contributed by atoms with Gasteiger partial charge in [0.05, 0.1) is 0 Å². The normalized spacial score (nSPS) is 10.6. The van der Waals surface area contributed by atoms with Gasteiger partial charge in [-0.05, 0) is 22.6 Å². The summed E-state index contributed by atoms with van der Waals surface area (Å²) in [5.41, 5.74) is 2.82. The van der Waals surface area contributed by atoms with Crippen LogP contribution >= 0.6 is 48.8 Å². The Morgan fingerprint density at radius 2 is 1.12 bits per heavy atom. The molecule has 0 fully saturated rings. The summed E-state index contributed by atoms with van der Waals surface area (Å²) in [6.07, 6.45) is 0. The van der Waals surface area contributed by atoms with Gasteiger partial charge in [-0.3, -0.25) is 0 Å². The van der Waals surface area contributed by atoms with Crippen molar-refractivity contribution in [2.24, 2.45) is 0 Å². The molecule has 0 amide bonds. The van der Waals surface area contributed by atoms with Crippen LogP contribution in [-0.4, -0.2) is 23.0 Å². The summed E-state index contributed by atoms with van der Waals surface area (Å²) in [6.45, 7) is 0. The van der Waals surface area contributed by atoms with Crippen LogP contribution in [0.4, 0.5) is 0 Å². The van der Waals surface area contributed by atoms with E-state index in [0.717, 1.165) is 34.5 Å². The van der Waals surface area contributed by atoms with Crippen molar-refractivity contribution in [2.45, 2.75) is 11.5 Å². The molecule has 0 nitrogen and oxygen atoms in total. The van der Waals surface area contributed by atoms with Gasteiger partial charge >= 0.3 is 0 Å². The average molecular weight is 291 g/mol. The Kier molecular flexibility index (Phi) is 8.84. The van der Waals surface area contributed by atoms with Gasteiger partial charge in [0.1, 0.15) is 0 Å². The van der Waals surface area contributed by atoms with E-state index in [0.29, 0.717) is 0 Å². The molecule has 1 aromatic carbocycles. The Morgan fingerprint density at radius 3 is 1.44 bits per heavy atom. The summed E-state index contributed by atoms with van der Waals surface area (Å²) in [5, 5.41) is 0. The zero-order valence-electron chi connectivity index (χ0n) is 9.26. The lowest BCUT2D eigenvalue weighted by Crippen LogP contribution is -1.87. The third-order valence-corrected chi connectivity index (χ3v) is 5.14. The SMILES string of the molecule is SCCSCc1ccc(CSCCS)cc1. The predicted molar refractivity (Wildman–Crippen MR) is 86.5 cm³/mol. The molecule has 0 aromatic heterocycles. The number of benzene rings is 1. The van der Waals surface area contributed by atoms with Crippen LogP contribution in [0.3, 0.4) is 0 Å². The van der Waals surface area contributed by atoms with Crippen molar-refractivity contribution in [2.75, 3.05) is 23.0 Å². The van der Waals surface area contributed by atoms with Crippen molar-refractivity contribution in [1.29, 1.82) is 0 Å². The third-order valence-electron chi connectivity index (χ3n) is 2.03. The summed E-state index contributed by atoms with van der Waals surface area (Å²) < 4.78 is 0. The van der Waals surface area contributed by atoms with Gasteiger partial charge in [-0.2, -0.15) is 48.8 Å². The van der Waals surface area contributed by atoms with Gasteiger partial charge in [0.15, 0.2) is 0 Å². The molecule has 0 bridgehead atoms. The number of thiol groups is 2. The van der Waals surface area contributed by atoms with Crippen molar-refractivity contribution in [1.82, 2.24) is 0 Å². The molecule has 90 valence electrons. The van der Waals surface area contributed by atoms with Crippen molar-refractivity contribution in [3.63, 3.8) is 0 Å². The second-order valence-electron chi connectivity index (χ2n) is 3.37. The molecule has 0 N–H and O–H groups in total. The monoisotopic (exact) mass is 290 g/mol. The molecule has 16 heavy (non-hydrogen) atoms. The minimum absolute atomic E-state index is 0.961. The van der Waals surface area contributed by atoms with E-state index in [-0.39, 0.29) is 0 Å². The fraction of sp³-hybridized carbons (Fsp3) is 0.500. The van der Waals surface area contributed by atoms with Gasteiger partial charge in [-0.1, -0.05) is 24.3 Å². The summed E-state index contributed by atoms with van der Waals surface area (Å²) in [6, 6.07) is 8.95. The van der Waals surface area contributed by atoms with E-state index in [1.54, 1.807) is 0 Å². The quantitative estimate of drug-likeness (QED) is 0.548. The molecule has 0 atom stereocenters. The first-order valence-electron chi connectivity index (χ1n) is 5.32. The van der Waals surface area contributed by atoms with Crippen LogP contribution < -0.4 is 0 Å². The topological polar surface area (TPSA) is 0 Å². The molecule has 4 heteroatoms. The summed E-state index contributed by atoms with van der Waals surface area (Å²) in [4.78, 5) is 0. The van der Waals surface area contributed by atoms with Crippen molar-refractivity contribution < 1.29 is 0 Å². The molecular formula is C12H18S4. The second kappa shape index (κ2) is 9.63. The van der Waals surface area contributed by atoms with Gasteiger partial charge < -0.3 is 0 Å². The highest BCUT2D eigenvalue weighted by atomic mass is 32.2. The molecule has 0 heterocycles. The first-order valence-corrected chi connectivity index (χ1v) is 8.89. The number of thioether (sulfide) groups is 2. The van der Waals surface area contributed by atoms with E-state index in [1.807, 2.05) is 23.5 Å². The van der Waals surface area contributed by atoms with E-state index in [2.05, 4.69) is 49.5 Å². The molecule has 0 aliphatic heterocycles. The number of rotatable bonds is 8. The van der Waals surface area contributed by atoms with Gasteiger partial charge in [0.2, 0.25) is 0 Å². The Morgan fingerprint density at radius 1 is 0.750 bits per heavy atom. The fourth-order valence-electron chi connectivity index (χ4n) is 1.24. The van der Waals surface area contributed by atoms with Crippen LogP contribution in [0.15, 0.2) is 24.3 Å². The van der Waals surface area contributed by atoms with Crippen molar-refractivity contribution in [3.8, 4) is 0 Å². The van der Waals surface area contributed by atoms with E-state index in [1.165, 1.54) is 11.1 Å². The molecule has 0 aliphatic carbocycles. The van der Waals surface area contributed by atoms with E-state index >= 15 is 0 Å². The Labute approximate surface area is 118 Å². The highest BCUT2D eigenvalue weighted by Gasteiger charge is 1.96. The Bertz CT molecular complexity index is 242. The molecule has 0 aliphatic rings. The first kappa shape index (κ1) is 14.7. The fourth-order valence-corrected chi connectivity index (χ4v) is 3.42. The maximum Gasteiger partial charge on any atom is 0.0184 e. The van der Waals surface area contributed by atoms with Gasteiger partial charge in [-0.25, -0.2) is 0 Å². The Hall–Kier alpha value is 0.620. The zero-order valence-corrected chi connectivity index (χ0v) is 12.7. The van der Waals surface area contributed by atoms with Crippen molar-refractivity contribution >= 4 is 48.8 Å². The zero-order chi connectivity index (χ0) is 11.6. The summed E-state index contributed by atoms with van der Waals surface area (Å²) in [5.74, 6) is 6.38. The molecule has 1 aromatic rings. The highest BCUT2D eigenvalue weighted by molar-refractivity contribution is 7.99. The molecule has 0 saturated heterocycles. The molecule has 0 spiro atoms. The lowest BCUT2D eigenvalue weighted by Gasteiger charge is -2.03. The van der Waals surface area contributed by atoms with Crippen LogP contribution in [0.5, 0.6) is 0 Å². The average Bonchev–Trinajstić information content (AvgIpc) is 2.32. The van der Waals surface area contributed by atoms with E-state index in [9.17, 15) is 0 Å². The summed E-state index contributed by atoms with van der Waals surface area (Å²) >= 11 is 12.3.